The highest BCUT2D eigenvalue weighted by Gasteiger charge is 2.23. The first-order valence-electron chi connectivity index (χ1n) is 6.89. The lowest BCUT2D eigenvalue weighted by atomic mass is 10.0. The molecule has 0 aromatic rings. The van der Waals surface area contributed by atoms with Gasteiger partial charge in [-0.3, -0.25) is 0 Å². The molecule has 0 aromatic carbocycles. The molecule has 0 radical (unpaired) electrons. The summed E-state index contributed by atoms with van der Waals surface area (Å²) < 4.78 is 0. The van der Waals surface area contributed by atoms with E-state index in [-0.39, 0.29) is 0 Å². The number of rotatable bonds is 2. The van der Waals surface area contributed by atoms with Crippen molar-refractivity contribution in [2.24, 2.45) is 5.92 Å². The van der Waals surface area contributed by atoms with Crippen molar-refractivity contribution in [1.82, 2.24) is 15.1 Å². The van der Waals surface area contributed by atoms with Crippen LogP contribution in [0.2, 0.25) is 0 Å². The second-order valence-electron chi connectivity index (χ2n) is 5.70. The standard InChI is InChI=1S/C13H27N3/c1-12-9-14-6-8-16(10-12)11-13-5-3-4-7-15(13)2/h12-14H,3-11H2,1-2H3. The highest BCUT2D eigenvalue weighted by Crippen LogP contribution is 2.16. The normalized spacial score (nSPS) is 34.9. The average molecular weight is 225 g/mol. The van der Waals surface area contributed by atoms with E-state index >= 15 is 0 Å². The molecule has 2 aliphatic rings. The molecule has 0 spiro atoms. The Morgan fingerprint density at radius 2 is 2.12 bits per heavy atom. The van der Waals surface area contributed by atoms with E-state index in [1.165, 1.54) is 58.5 Å². The Labute approximate surface area is 100 Å². The Morgan fingerprint density at radius 1 is 1.25 bits per heavy atom. The Hall–Kier alpha value is -0.120. The van der Waals surface area contributed by atoms with Gasteiger partial charge < -0.3 is 15.1 Å². The molecule has 1 N–H and O–H groups in total. The summed E-state index contributed by atoms with van der Waals surface area (Å²) in [4.78, 5) is 5.23. The van der Waals surface area contributed by atoms with E-state index in [9.17, 15) is 0 Å². The van der Waals surface area contributed by atoms with E-state index in [4.69, 9.17) is 0 Å². The second-order valence-corrected chi connectivity index (χ2v) is 5.70. The first-order valence-corrected chi connectivity index (χ1v) is 6.89. The minimum Gasteiger partial charge on any atom is -0.315 e. The van der Waals surface area contributed by atoms with Gasteiger partial charge in [-0.2, -0.15) is 0 Å². The van der Waals surface area contributed by atoms with Crippen molar-refractivity contribution < 1.29 is 0 Å². The summed E-state index contributed by atoms with van der Waals surface area (Å²) in [6.07, 6.45) is 4.22. The van der Waals surface area contributed by atoms with E-state index in [0.29, 0.717) is 0 Å². The molecule has 2 aliphatic heterocycles. The van der Waals surface area contributed by atoms with Gasteiger partial charge in [0.15, 0.2) is 0 Å². The Kier molecular flexibility index (Phi) is 4.62. The maximum absolute atomic E-state index is 3.52. The van der Waals surface area contributed by atoms with Crippen molar-refractivity contribution in [1.29, 1.82) is 0 Å². The van der Waals surface area contributed by atoms with Crippen LogP contribution in [-0.4, -0.2) is 62.2 Å². The van der Waals surface area contributed by atoms with Crippen molar-refractivity contribution in [3.05, 3.63) is 0 Å². The van der Waals surface area contributed by atoms with Gasteiger partial charge in [-0.05, 0) is 38.9 Å². The van der Waals surface area contributed by atoms with Crippen molar-refractivity contribution in [2.45, 2.75) is 32.2 Å². The molecule has 0 aliphatic carbocycles. The van der Waals surface area contributed by atoms with Crippen LogP contribution >= 0.6 is 0 Å². The third-order valence-corrected chi connectivity index (χ3v) is 4.06. The fraction of sp³-hybridized carbons (Fsp3) is 1.00. The lowest BCUT2D eigenvalue weighted by Crippen LogP contribution is -2.46. The molecule has 2 saturated heterocycles. The summed E-state index contributed by atoms with van der Waals surface area (Å²) in [5.74, 6) is 0.802. The van der Waals surface area contributed by atoms with E-state index in [0.717, 1.165) is 12.0 Å². The maximum Gasteiger partial charge on any atom is 0.0220 e. The highest BCUT2D eigenvalue weighted by molar-refractivity contribution is 4.80. The van der Waals surface area contributed by atoms with Crippen LogP contribution in [0.3, 0.4) is 0 Å². The van der Waals surface area contributed by atoms with Gasteiger partial charge in [-0.15, -0.1) is 0 Å². The van der Waals surface area contributed by atoms with Gasteiger partial charge in [-0.25, -0.2) is 0 Å². The van der Waals surface area contributed by atoms with E-state index < -0.39 is 0 Å². The van der Waals surface area contributed by atoms with Crippen LogP contribution in [-0.2, 0) is 0 Å². The van der Waals surface area contributed by atoms with Gasteiger partial charge in [0.25, 0.3) is 0 Å². The predicted molar refractivity (Wildman–Crippen MR) is 68.7 cm³/mol. The summed E-state index contributed by atoms with van der Waals surface area (Å²) >= 11 is 0. The summed E-state index contributed by atoms with van der Waals surface area (Å²) in [5.41, 5.74) is 0. The zero-order chi connectivity index (χ0) is 11.4. The fourth-order valence-electron chi connectivity index (χ4n) is 3.02. The molecule has 0 aromatic heterocycles. The molecule has 2 rings (SSSR count). The van der Waals surface area contributed by atoms with Crippen LogP contribution in [0.4, 0.5) is 0 Å². The Bertz CT molecular complexity index is 207. The number of likely N-dealkylation sites (N-methyl/N-ethyl adjacent to an activating group) is 1. The minimum atomic E-state index is 0.802. The molecule has 2 atom stereocenters. The molecule has 3 heteroatoms. The van der Waals surface area contributed by atoms with Crippen molar-refractivity contribution in [2.75, 3.05) is 46.3 Å². The van der Waals surface area contributed by atoms with E-state index in [1.807, 2.05) is 0 Å². The number of nitrogens with one attached hydrogen (secondary N) is 1. The largest absolute Gasteiger partial charge is 0.315 e. The summed E-state index contributed by atoms with van der Waals surface area (Å²) in [6, 6.07) is 0.805. The zero-order valence-corrected chi connectivity index (χ0v) is 10.9. The first-order chi connectivity index (χ1) is 7.75. The average Bonchev–Trinajstić information content (AvgIpc) is 2.46. The topological polar surface area (TPSA) is 18.5 Å². The monoisotopic (exact) mass is 225 g/mol. The lowest BCUT2D eigenvalue weighted by molar-refractivity contribution is 0.126. The van der Waals surface area contributed by atoms with Gasteiger partial charge in [0.1, 0.15) is 0 Å². The Balaban J connectivity index is 1.82. The Morgan fingerprint density at radius 3 is 2.94 bits per heavy atom. The molecule has 2 fully saturated rings. The third-order valence-electron chi connectivity index (χ3n) is 4.06. The van der Waals surface area contributed by atoms with Crippen molar-refractivity contribution in [3.63, 3.8) is 0 Å². The van der Waals surface area contributed by atoms with E-state index in [2.05, 4.69) is 29.1 Å². The quantitative estimate of drug-likeness (QED) is 0.757. The second kappa shape index (κ2) is 5.99. The highest BCUT2D eigenvalue weighted by atomic mass is 15.2. The SMILES string of the molecule is CC1CNCCN(CC2CCCCN2C)C1. The number of hydrogen-bond acceptors (Lipinski definition) is 3. The molecule has 2 heterocycles. The van der Waals surface area contributed by atoms with Crippen molar-refractivity contribution in [3.8, 4) is 0 Å². The molecular weight excluding hydrogens is 198 g/mol. The van der Waals surface area contributed by atoms with Crippen LogP contribution < -0.4 is 5.32 Å². The molecule has 0 amide bonds. The smallest absolute Gasteiger partial charge is 0.0220 e. The fourth-order valence-corrected chi connectivity index (χ4v) is 3.02. The predicted octanol–water partition coefficient (Wildman–Crippen LogP) is 1.01. The van der Waals surface area contributed by atoms with Gasteiger partial charge in [0.2, 0.25) is 0 Å². The maximum atomic E-state index is 3.52. The number of hydrogen-bond donors (Lipinski definition) is 1. The number of piperidine rings is 1. The van der Waals surface area contributed by atoms with Gasteiger partial charge in [0, 0.05) is 32.2 Å². The molecule has 16 heavy (non-hydrogen) atoms. The van der Waals surface area contributed by atoms with Crippen LogP contribution in [0, 0.1) is 5.92 Å². The first kappa shape index (κ1) is 12.3. The number of likely N-dealkylation sites (tertiary alicyclic amines) is 1. The summed E-state index contributed by atoms with van der Waals surface area (Å²) in [7, 11) is 2.29. The lowest BCUT2D eigenvalue weighted by Gasteiger charge is -2.36. The zero-order valence-electron chi connectivity index (χ0n) is 10.9. The van der Waals surface area contributed by atoms with Gasteiger partial charge >= 0.3 is 0 Å². The number of nitrogens with zero attached hydrogens (tertiary/aromatic N) is 2. The van der Waals surface area contributed by atoms with Crippen LogP contribution in [0.1, 0.15) is 26.2 Å². The van der Waals surface area contributed by atoms with Crippen molar-refractivity contribution >= 4 is 0 Å². The summed E-state index contributed by atoms with van der Waals surface area (Å²) in [5, 5.41) is 3.52. The van der Waals surface area contributed by atoms with Crippen LogP contribution in [0.25, 0.3) is 0 Å². The molecule has 2 unspecified atom stereocenters. The molecular formula is C13H27N3. The third kappa shape index (κ3) is 3.44. The van der Waals surface area contributed by atoms with E-state index in [1.54, 1.807) is 0 Å². The molecule has 3 nitrogen and oxygen atoms in total. The van der Waals surface area contributed by atoms with Gasteiger partial charge in [0.05, 0.1) is 0 Å². The van der Waals surface area contributed by atoms with Crippen LogP contribution in [0.5, 0.6) is 0 Å². The molecule has 0 bridgehead atoms. The minimum absolute atomic E-state index is 0.802. The van der Waals surface area contributed by atoms with Crippen LogP contribution in [0.15, 0.2) is 0 Å². The van der Waals surface area contributed by atoms with Gasteiger partial charge in [-0.1, -0.05) is 13.3 Å². The summed E-state index contributed by atoms with van der Waals surface area (Å²) in [6.45, 7) is 9.80. The molecule has 0 saturated carbocycles. The molecule has 94 valence electrons.